The first kappa shape index (κ1) is 21.6. The molecule has 0 bridgehead atoms. The molecular formula is C19H39N5OS. The molecule has 6 nitrogen and oxygen atoms in total. The lowest BCUT2D eigenvalue weighted by molar-refractivity contribution is 0.273. The predicted octanol–water partition coefficient (Wildman–Crippen LogP) is 1.26. The minimum atomic E-state index is -0.674. The van der Waals surface area contributed by atoms with Gasteiger partial charge in [0.25, 0.3) is 0 Å². The first-order chi connectivity index (χ1) is 12.6. The molecule has 7 heteroatoms. The maximum absolute atomic E-state index is 12.1. The highest BCUT2D eigenvalue weighted by Gasteiger charge is 2.26. The molecule has 1 aliphatic heterocycles. The molecule has 0 amide bonds. The fourth-order valence-electron chi connectivity index (χ4n) is 3.97. The Morgan fingerprint density at radius 3 is 2.81 bits per heavy atom. The SMILES string of the molecule is CCS(=O)C1CCCC(NC(=NC)NCCCN2CCCN(C)CC2)C1. The molecular weight excluding hydrogens is 346 g/mol. The van der Waals surface area contributed by atoms with Gasteiger partial charge in [-0.25, -0.2) is 0 Å². The summed E-state index contributed by atoms with van der Waals surface area (Å²) >= 11 is 0. The Hall–Kier alpha value is -0.660. The summed E-state index contributed by atoms with van der Waals surface area (Å²) in [5, 5.41) is 7.37. The van der Waals surface area contributed by atoms with E-state index in [0.717, 1.165) is 56.9 Å². The van der Waals surface area contributed by atoms with Crippen LogP contribution in [0.1, 0.15) is 45.4 Å². The van der Waals surface area contributed by atoms with Crippen molar-refractivity contribution >= 4 is 16.8 Å². The third-order valence-electron chi connectivity index (χ3n) is 5.60. The lowest BCUT2D eigenvalue weighted by Gasteiger charge is -2.30. The number of guanidine groups is 1. The Labute approximate surface area is 162 Å². The average molecular weight is 386 g/mol. The van der Waals surface area contributed by atoms with Crippen molar-refractivity contribution in [1.29, 1.82) is 0 Å². The molecule has 26 heavy (non-hydrogen) atoms. The molecule has 0 spiro atoms. The van der Waals surface area contributed by atoms with Crippen molar-refractivity contribution in [2.75, 3.05) is 59.1 Å². The van der Waals surface area contributed by atoms with E-state index in [1.165, 1.54) is 32.6 Å². The fourth-order valence-corrected chi connectivity index (χ4v) is 5.32. The third-order valence-corrected chi connectivity index (χ3v) is 7.34. The van der Waals surface area contributed by atoms with Crippen LogP contribution in [0.3, 0.4) is 0 Å². The number of nitrogens with zero attached hydrogens (tertiary/aromatic N) is 3. The van der Waals surface area contributed by atoms with E-state index < -0.39 is 10.8 Å². The van der Waals surface area contributed by atoms with E-state index in [9.17, 15) is 4.21 Å². The number of hydrogen-bond donors (Lipinski definition) is 2. The zero-order valence-corrected chi connectivity index (χ0v) is 17.8. The molecule has 0 radical (unpaired) electrons. The zero-order valence-electron chi connectivity index (χ0n) is 17.0. The molecule has 1 heterocycles. The van der Waals surface area contributed by atoms with Gasteiger partial charge < -0.3 is 20.4 Å². The van der Waals surface area contributed by atoms with Crippen molar-refractivity contribution in [3.63, 3.8) is 0 Å². The van der Waals surface area contributed by atoms with Gasteiger partial charge in [-0.15, -0.1) is 0 Å². The molecule has 1 saturated carbocycles. The van der Waals surface area contributed by atoms with Gasteiger partial charge in [0.05, 0.1) is 0 Å². The second-order valence-corrected chi connectivity index (χ2v) is 9.66. The van der Waals surface area contributed by atoms with Crippen LogP contribution in [0, 0.1) is 0 Å². The Morgan fingerprint density at radius 1 is 1.19 bits per heavy atom. The van der Waals surface area contributed by atoms with Crippen LogP contribution in [0.25, 0.3) is 0 Å². The molecule has 3 unspecified atom stereocenters. The summed E-state index contributed by atoms with van der Waals surface area (Å²) in [6.45, 7) is 8.92. The summed E-state index contributed by atoms with van der Waals surface area (Å²) in [4.78, 5) is 9.38. The molecule has 0 aromatic rings. The van der Waals surface area contributed by atoms with Crippen molar-refractivity contribution in [2.24, 2.45) is 4.99 Å². The first-order valence-corrected chi connectivity index (χ1v) is 11.8. The van der Waals surface area contributed by atoms with Crippen LogP contribution in [0.2, 0.25) is 0 Å². The molecule has 3 atom stereocenters. The molecule has 2 rings (SSSR count). The van der Waals surface area contributed by atoms with E-state index in [-0.39, 0.29) is 0 Å². The van der Waals surface area contributed by atoms with Crippen molar-refractivity contribution in [2.45, 2.75) is 56.7 Å². The lowest BCUT2D eigenvalue weighted by Crippen LogP contribution is -2.47. The van der Waals surface area contributed by atoms with Gasteiger partial charge >= 0.3 is 0 Å². The van der Waals surface area contributed by atoms with E-state index in [1.54, 1.807) is 0 Å². The van der Waals surface area contributed by atoms with E-state index >= 15 is 0 Å². The Kier molecular flexibility index (Phi) is 9.93. The second-order valence-electron chi connectivity index (χ2n) is 7.65. The summed E-state index contributed by atoms with van der Waals surface area (Å²) in [5.74, 6) is 1.67. The molecule has 1 saturated heterocycles. The molecule has 0 aromatic heterocycles. The highest BCUT2D eigenvalue weighted by atomic mass is 32.2. The number of hydrogen-bond acceptors (Lipinski definition) is 4. The maximum atomic E-state index is 12.1. The molecule has 0 aromatic carbocycles. The van der Waals surface area contributed by atoms with Crippen molar-refractivity contribution in [1.82, 2.24) is 20.4 Å². The van der Waals surface area contributed by atoms with Gasteiger partial charge in [0.2, 0.25) is 0 Å². The summed E-state index contributed by atoms with van der Waals surface area (Å²) in [7, 11) is 3.38. The number of nitrogens with one attached hydrogen (secondary N) is 2. The van der Waals surface area contributed by atoms with Crippen LogP contribution in [-0.2, 0) is 10.8 Å². The maximum Gasteiger partial charge on any atom is 0.191 e. The van der Waals surface area contributed by atoms with Crippen LogP contribution in [0.15, 0.2) is 4.99 Å². The van der Waals surface area contributed by atoms with E-state index in [4.69, 9.17) is 0 Å². The highest BCUT2D eigenvalue weighted by molar-refractivity contribution is 7.85. The second kappa shape index (κ2) is 11.9. The highest BCUT2D eigenvalue weighted by Crippen LogP contribution is 2.22. The summed E-state index contributed by atoms with van der Waals surface area (Å²) in [6.07, 6.45) is 6.83. The molecule has 2 fully saturated rings. The minimum absolute atomic E-state index is 0.352. The summed E-state index contributed by atoms with van der Waals surface area (Å²) in [5.41, 5.74) is 0. The van der Waals surface area contributed by atoms with Gasteiger partial charge in [-0.2, -0.15) is 0 Å². The van der Waals surface area contributed by atoms with Gasteiger partial charge in [-0.1, -0.05) is 13.3 Å². The molecule has 152 valence electrons. The van der Waals surface area contributed by atoms with Gasteiger partial charge in [-0.05, 0) is 58.8 Å². The quantitative estimate of drug-likeness (QED) is 0.392. The van der Waals surface area contributed by atoms with Crippen molar-refractivity contribution < 1.29 is 4.21 Å². The smallest absolute Gasteiger partial charge is 0.191 e. The number of rotatable bonds is 7. The zero-order chi connectivity index (χ0) is 18.8. The predicted molar refractivity (Wildman–Crippen MR) is 112 cm³/mol. The van der Waals surface area contributed by atoms with Crippen LogP contribution >= 0.6 is 0 Å². The lowest BCUT2D eigenvalue weighted by atomic mass is 9.95. The Morgan fingerprint density at radius 2 is 2.04 bits per heavy atom. The number of likely N-dealkylation sites (N-methyl/N-ethyl adjacent to an activating group) is 1. The van der Waals surface area contributed by atoms with Crippen LogP contribution in [0.4, 0.5) is 0 Å². The van der Waals surface area contributed by atoms with Crippen LogP contribution in [-0.4, -0.2) is 90.4 Å². The topological polar surface area (TPSA) is 60.0 Å². The van der Waals surface area contributed by atoms with E-state index in [1.807, 2.05) is 14.0 Å². The van der Waals surface area contributed by atoms with Gasteiger partial charge in [0.15, 0.2) is 5.96 Å². The van der Waals surface area contributed by atoms with Crippen molar-refractivity contribution in [3.8, 4) is 0 Å². The molecule has 2 aliphatic rings. The average Bonchev–Trinajstić information content (AvgIpc) is 2.88. The van der Waals surface area contributed by atoms with Crippen LogP contribution < -0.4 is 10.6 Å². The van der Waals surface area contributed by atoms with Gasteiger partial charge in [0, 0.05) is 54.5 Å². The fraction of sp³-hybridized carbons (Fsp3) is 0.947. The standard InChI is InChI=1S/C19H39N5OS/c1-4-26(25)18-9-5-8-17(16-18)22-19(20-2)21-10-6-12-24-13-7-11-23(3)14-15-24/h17-18H,4-16H2,1-3H3,(H2,20,21,22). The summed E-state index contributed by atoms with van der Waals surface area (Å²) < 4.78 is 12.1. The van der Waals surface area contributed by atoms with Crippen molar-refractivity contribution in [3.05, 3.63) is 0 Å². The first-order valence-electron chi connectivity index (χ1n) is 10.4. The van der Waals surface area contributed by atoms with Crippen LogP contribution in [0.5, 0.6) is 0 Å². The minimum Gasteiger partial charge on any atom is -0.356 e. The normalized spacial score (nSPS) is 27.7. The molecule has 1 aliphatic carbocycles. The van der Waals surface area contributed by atoms with E-state index in [2.05, 4.69) is 32.5 Å². The monoisotopic (exact) mass is 385 g/mol. The molecule has 2 N–H and O–H groups in total. The van der Waals surface area contributed by atoms with Gasteiger partial charge in [-0.3, -0.25) is 9.20 Å². The Bertz CT molecular complexity index is 459. The third kappa shape index (κ3) is 7.53. The number of aliphatic imine (C=N–C) groups is 1. The largest absolute Gasteiger partial charge is 0.356 e. The summed E-state index contributed by atoms with van der Waals surface area (Å²) in [6, 6.07) is 0.400. The van der Waals surface area contributed by atoms with Gasteiger partial charge in [0.1, 0.15) is 0 Å². The van der Waals surface area contributed by atoms with E-state index in [0.29, 0.717) is 11.3 Å². The Balaban J connectivity index is 1.65.